The van der Waals surface area contributed by atoms with Gasteiger partial charge in [-0.1, -0.05) is 0 Å². The van der Waals surface area contributed by atoms with E-state index in [1.807, 2.05) is 0 Å². The van der Waals surface area contributed by atoms with E-state index in [1.165, 1.54) is 30.6 Å². The van der Waals surface area contributed by atoms with E-state index in [4.69, 9.17) is 9.47 Å². The van der Waals surface area contributed by atoms with Crippen LogP contribution >= 0.6 is 11.3 Å². The van der Waals surface area contributed by atoms with E-state index in [2.05, 4.69) is 4.98 Å². The summed E-state index contributed by atoms with van der Waals surface area (Å²) < 4.78 is 22.5. The Morgan fingerprint density at radius 1 is 1.32 bits per heavy atom. The van der Waals surface area contributed by atoms with Crippen LogP contribution in [0.1, 0.15) is 10.5 Å². The lowest BCUT2D eigenvalue weighted by atomic mass is 10.2. The number of ether oxygens (including phenoxy) is 2. The van der Waals surface area contributed by atoms with Crippen molar-refractivity contribution in [1.82, 2.24) is 4.98 Å². The van der Waals surface area contributed by atoms with Gasteiger partial charge in [0.2, 0.25) is 0 Å². The summed E-state index contributed by atoms with van der Waals surface area (Å²) in [5.41, 5.74) is 1.02. The minimum absolute atomic E-state index is 0.193. The van der Waals surface area contributed by atoms with Gasteiger partial charge in [-0.3, -0.25) is 0 Å². The van der Waals surface area contributed by atoms with Gasteiger partial charge in [-0.05, 0) is 24.3 Å². The van der Waals surface area contributed by atoms with Gasteiger partial charge < -0.3 is 9.47 Å². The van der Waals surface area contributed by atoms with Crippen LogP contribution in [0.2, 0.25) is 0 Å². The Bertz CT molecular complexity index is 553. The van der Waals surface area contributed by atoms with Crippen molar-refractivity contribution >= 4 is 17.3 Å². The van der Waals surface area contributed by atoms with Crippen LogP contribution in [0.15, 0.2) is 29.6 Å². The van der Waals surface area contributed by atoms with Crippen molar-refractivity contribution in [3.8, 4) is 10.6 Å². The first-order chi connectivity index (χ1) is 9.20. The molecule has 0 amide bonds. The molecular formula is C13H12FNO3S. The molecule has 19 heavy (non-hydrogen) atoms. The van der Waals surface area contributed by atoms with Gasteiger partial charge in [0.15, 0.2) is 5.69 Å². The molecule has 6 heteroatoms. The summed E-state index contributed by atoms with van der Waals surface area (Å²) >= 11 is 1.31. The van der Waals surface area contributed by atoms with Crippen molar-refractivity contribution in [2.45, 2.75) is 0 Å². The second kappa shape index (κ2) is 6.40. The Labute approximate surface area is 113 Å². The molecule has 0 unspecified atom stereocenters. The van der Waals surface area contributed by atoms with E-state index in [0.717, 1.165) is 5.56 Å². The molecule has 0 saturated heterocycles. The van der Waals surface area contributed by atoms with Gasteiger partial charge in [0.05, 0.1) is 6.61 Å². The molecule has 2 aromatic rings. The summed E-state index contributed by atoms with van der Waals surface area (Å²) in [6.45, 7) is 0.541. The number of carbonyl (C=O) groups is 1. The minimum atomic E-state index is -0.485. The highest BCUT2D eigenvalue weighted by Crippen LogP contribution is 2.24. The fourth-order valence-corrected chi connectivity index (χ4v) is 2.18. The molecule has 0 N–H and O–H groups in total. The summed E-state index contributed by atoms with van der Waals surface area (Å²) in [4.78, 5) is 15.8. The number of rotatable bonds is 5. The number of thiazole rings is 1. The lowest BCUT2D eigenvalue weighted by Crippen LogP contribution is -2.10. The number of methoxy groups -OCH3 is 1. The Balaban J connectivity index is 2.06. The maximum Gasteiger partial charge on any atom is 0.357 e. The first-order valence-electron chi connectivity index (χ1n) is 5.58. The van der Waals surface area contributed by atoms with Crippen molar-refractivity contribution < 1.29 is 18.7 Å². The molecule has 0 aliphatic rings. The molecule has 0 atom stereocenters. The first-order valence-corrected chi connectivity index (χ1v) is 6.46. The van der Waals surface area contributed by atoms with E-state index >= 15 is 0 Å². The van der Waals surface area contributed by atoms with Gasteiger partial charge in [0.1, 0.15) is 17.4 Å². The highest BCUT2D eigenvalue weighted by molar-refractivity contribution is 7.13. The molecule has 4 nitrogen and oxygen atoms in total. The predicted molar refractivity (Wildman–Crippen MR) is 69.7 cm³/mol. The largest absolute Gasteiger partial charge is 0.458 e. The summed E-state index contributed by atoms with van der Waals surface area (Å²) in [6.07, 6.45) is 0. The molecule has 0 radical (unpaired) electrons. The molecular weight excluding hydrogens is 269 g/mol. The van der Waals surface area contributed by atoms with Crippen molar-refractivity contribution in [2.24, 2.45) is 0 Å². The third kappa shape index (κ3) is 3.59. The number of carbonyl (C=O) groups excluding carboxylic acids is 1. The smallest absolute Gasteiger partial charge is 0.357 e. The van der Waals surface area contributed by atoms with Gasteiger partial charge in [-0.2, -0.15) is 0 Å². The summed E-state index contributed by atoms with van der Waals surface area (Å²) in [5.74, 6) is -0.791. The van der Waals surface area contributed by atoms with Crippen molar-refractivity contribution in [3.63, 3.8) is 0 Å². The highest BCUT2D eigenvalue weighted by atomic mass is 32.1. The van der Waals surface area contributed by atoms with Crippen molar-refractivity contribution in [1.29, 1.82) is 0 Å². The van der Waals surface area contributed by atoms with Crippen LogP contribution in [0, 0.1) is 5.82 Å². The normalized spacial score (nSPS) is 10.4. The van der Waals surface area contributed by atoms with Gasteiger partial charge in [-0.25, -0.2) is 14.2 Å². The van der Waals surface area contributed by atoms with Gasteiger partial charge in [0.25, 0.3) is 0 Å². The van der Waals surface area contributed by atoms with E-state index in [0.29, 0.717) is 11.6 Å². The Morgan fingerprint density at radius 3 is 2.74 bits per heavy atom. The van der Waals surface area contributed by atoms with E-state index < -0.39 is 5.97 Å². The zero-order chi connectivity index (χ0) is 13.7. The second-order valence-corrected chi connectivity index (χ2v) is 4.53. The predicted octanol–water partition coefficient (Wildman–Crippen LogP) is 2.75. The summed E-state index contributed by atoms with van der Waals surface area (Å²) in [6, 6.07) is 5.95. The van der Waals surface area contributed by atoms with Crippen molar-refractivity contribution in [3.05, 3.63) is 41.2 Å². The molecule has 100 valence electrons. The third-order valence-corrected chi connectivity index (χ3v) is 3.22. The molecule has 1 heterocycles. The molecule has 0 bridgehead atoms. The van der Waals surface area contributed by atoms with Crippen LogP contribution in [0.5, 0.6) is 0 Å². The zero-order valence-electron chi connectivity index (χ0n) is 10.3. The minimum Gasteiger partial charge on any atom is -0.458 e. The Kier molecular flexibility index (Phi) is 4.59. The second-order valence-electron chi connectivity index (χ2n) is 3.67. The molecule has 0 saturated carbocycles. The number of benzene rings is 1. The van der Waals surface area contributed by atoms with E-state index in [-0.39, 0.29) is 18.1 Å². The van der Waals surface area contributed by atoms with Gasteiger partial charge in [0, 0.05) is 18.1 Å². The fourth-order valence-electron chi connectivity index (χ4n) is 1.38. The lowest BCUT2D eigenvalue weighted by Gasteiger charge is -2.00. The maximum absolute atomic E-state index is 12.8. The number of esters is 1. The monoisotopic (exact) mass is 281 g/mol. The topological polar surface area (TPSA) is 48.4 Å². The first kappa shape index (κ1) is 13.6. The quantitative estimate of drug-likeness (QED) is 0.624. The van der Waals surface area contributed by atoms with Crippen LogP contribution in [-0.4, -0.2) is 31.3 Å². The number of nitrogens with zero attached hydrogens (tertiary/aromatic N) is 1. The standard InChI is InChI=1S/C13H12FNO3S/c1-17-6-7-18-13(16)11-8-19-12(15-11)9-2-4-10(14)5-3-9/h2-5,8H,6-7H2,1H3. The molecule has 0 spiro atoms. The number of hydrogen-bond acceptors (Lipinski definition) is 5. The van der Waals surface area contributed by atoms with E-state index in [9.17, 15) is 9.18 Å². The Morgan fingerprint density at radius 2 is 2.05 bits per heavy atom. The molecule has 0 aliphatic heterocycles. The third-order valence-electron chi connectivity index (χ3n) is 2.33. The van der Waals surface area contributed by atoms with Crippen molar-refractivity contribution in [2.75, 3.05) is 20.3 Å². The molecule has 1 aromatic heterocycles. The lowest BCUT2D eigenvalue weighted by molar-refractivity contribution is 0.0382. The number of halogens is 1. The zero-order valence-corrected chi connectivity index (χ0v) is 11.1. The van der Waals surface area contributed by atoms with Crippen LogP contribution in [0.4, 0.5) is 4.39 Å². The average Bonchev–Trinajstić information content (AvgIpc) is 2.89. The molecule has 1 aromatic carbocycles. The molecule has 0 aliphatic carbocycles. The van der Waals surface area contributed by atoms with E-state index in [1.54, 1.807) is 17.5 Å². The number of hydrogen-bond donors (Lipinski definition) is 0. The SMILES string of the molecule is COCCOC(=O)c1csc(-c2ccc(F)cc2)n1. The maximum atomic E-state index is 12.8. The summed E-state index contributed by atoms with van der Waals surface area (Å²) in [7, 11) is 1.53. The van der Waals surface area contributed by atoms with Crippen LogP contribution in [0.25, 0.3) is 10.6 Å². The van der Waals surface area contributed by atoms with Gasteiger partial charge in [-0.15, -0.1) is 11.3 Å². The van der Waals surface area contributed by atoms with Crippen LogP contribution < -0.4 is 0 Å². The molecule has 0 fully saturated rings. The fraction of sp³-hybridized carbons (Fsp3) is 0.231. The number of aromatic nitrogens is 1. The van der Waals surface area contributed by atoms with Crippen LogP contribution in [-0.2, 0) is 9.47 Å². The average molecular weight is 281 g/mol. The molecule has 2 rings (SSSR count). The summed E-state index contributed by atoms with van der Waals surface area (Å²) in [5, 5.41) is 2.27. The Hall–Kier alpha value is -1.79. The van der Waals surface area contributed by atoms with Gasteiger partial charge >= 0.3 is 5.97 Å². The highest BCUT2D eigenvalue weighted by Gasteiger charge is 2.13. The van der Waals surface area contributed by atoms with Crippen LogP contribution in [0.3, 0.4) is 0 Å².